The average Bonchev–Trinajstić information content (AvgIpc) is 2.37. The largest absolute Gasteiger partial charge is 0.368 e. The summed E-state index contributed by atoms with van der Waals surface area (Å²) in [5.74, 6) is -1.36. The minimum Gasteiger partial charge on any atom is -0.368 e. The first-order chi connectivity index (χ1) is 9.01. The van der Waals surface area contributed by atoms with E-state index in [9.17, 15) is 8.78 Å². The van der Waals surface area contributed by atoms with Gasteiger partial charge in [0.15, 0.2) is 23.3 Å². The van der Waals surface area contributed by atoms with E-state index in [1.807, 2.05) is 13.0 Å². The number of rotatable bonds is 6. The number of nitrogens with zero attached hydrogens (tertiary/aromatic N) is 3. The highest BCUT2D eigenvalue weighted by molar-refractivity contribution is 5.49. The Balaban J connectivity index is 3.03. The normalized spacial score (nSPS) is 11.8. The van der Waals surface area contributed by atoms with Gasteiger partial charge in [-0.15, -0.1) is 0 Å². The van der Waals surface area contributed by atoms with E-state index in [4.69, 9.17) is 5.26 Å². The van der Waals surface area contributed by atoms with Gasteiger partial charge < -0.3 is 10.2 Å². The van der Waals surface area contributed by atoms with E-state index in [0.29, 0.717) is 6.54 Å². The van der Waals surface area contributed by atoms with Crippen molar-refractivity contribution in [3.8, 4) is 6.07 Å². The summed E-state index contributed by atoms with van der Waals surface area (Å²) in [6.45, 7) is 4.29. The summed E-state index contributed by atoms with van der Waals surface area (Å²) in [4.78, 5) is 5.50. The number of hydrogen-bond acceptors (Lipinski definition) is 4. The van der Waals surface area contributed by atoms with Crippen LogP contribution in [-0.4, -0.2) is 24.6 Å². The first kappa shape index (κ1) is 15.2. The lowest BCUT2D eigenvalue weighted by molar-refractivity contribution is 0.564. The molecule has 1 unspecified atom stereocenters. The van der Waals surface area contributed by atoms with Crippen LogP contribution < -0.4 is 10.2 Å². The lowest BCUT2D eigenvalue weighted by Gasteiger charge is -2.25. The number of aromatic nitrogens is 1. The van der Waals surface area contributed by atoms with Gasteiger partial charge in [0.2, 0.25) is 0 Å². The molecule has 4 nitrogen and oxygen atoms in total. The Morgan fingerprint density at radius 3 is 2.74 bits per heavy atom. The smallest absolute Gasteiger partial charge is 0.168 e. The third-order valence-corrected chi connectivity index (χ3v) is 2.84. The molecule has 0 amide bonds. The van der Waals surface area contributed by atoms with Crippen molar-refractivity contribution in [1.82, 2.24) is 4.98 Å². The van der Waals surface area contributed by atoms with Gasteiger partial charge in [0, 0.05) is 25.7 Å². The molecule has 104 valence electrons. The Hall–Kier alpha value is -1.90. The maximum Gasteiger partial charge on any atom is 0.168 e. The van der Waals surface area contributed by atoms with Gasteiger partial charge in [0.25, 0.3) is 0 Å². The molecule has 1 atom stereocenters. The summed E-state index contributed by atoms with van der Waals surface area (Å²) >= 11 is 0. The van der Waals surface area contributed by atoms with Gasteiger partial charge in [0.05, 0.1) is 12.5 Å². The standard InChI is InChI=1S/C13H18F2N4/c1-4-7-17-12-10(14)8-11(15)13(18-12)19(3)9(2)5-6-16/h8-9H,4-5,7H2,1-3H3,(H,17,18). The highest BCUT2D eigenvalue weighted by atomic mass is 19.1. The van der Waals surface area contributed by atoms with Crippen LogP contribution in [0.25, 0.3) is 0 Å². The molecular formula is C13H18F2N4. The van der Waals surface area contributed by atoms with Crippen LogP contribution in [0.5, 0.6) is 0 Å². The number of nitrogens with one attached hydrogen (secondary N) is 1. The van der Waals surface area contributed by atoms with Crippen molar-refractivity contribution in [3.05, 3.63) is 17.7 Å². The van der Waals surface area contributed by atoms with Gasteiger partial charge in [0.1, 0.15) is 0 Å². The monoisotopic (exact) mass is 268 g/mol. The number of halogens is 2. The molecule has 0 aliphatic heterocycles. The van der Waals surface area contributed by atoms with Crippen molar-refractivity contribution < 1.29 is 8.78 Å². The molecule has 19 heavy (non-hydrogen) atoms. The maximum absolute atomic E-state index is 13.7. The third kappa shape index (κ3) is 3.78. The second kappa shape index (κ2) is 6.88. The molecule has 0 aromatic carbocycles. The molecule has 1 aromatic heterocycles. The second-order valence-electron chi connectivity index (χ2n) is 4.37. The summed E-state index contributed by atoms with van der Waals surface area (Å²) in [6.07, 6.45) is 1.06. The number of pyridine rings is 1. The Kier molecular flexibility index (Phi) is 5.49. The molecule has 0 radical (unpaired) electrons. The van der Waals surface area contributed by atoms with Crippen LogP contribution in [0.2, 0.25) is 0 Å². The number of anilines is 2. The predicted molar refractivity (Wildman–Crippen MR) is 71.0 cm³/mol. The van der Waals surface area contributed by atoms with Gasteiger partial charge in [-0.1, -0.05) is 6.92 Å². The summed E-state index contributed by atoms with van der Waals surface area (Å²) in [5.41, 5.74) is 0. The Bertz CT molecular complexity index is 470. The summed E-state index contributed by atoms with van der Waals surface area (Å²) in [6, 6.07) is 2.63. The van der Waals surface area contributed by atoms with Crippen LogP contribution in [0.3, 0.4) is 0 Å². The lowest BCUT2D eigenvalue weighted by atomic mass is 10.2. The zero-order valence-corrected chi connectivity index (χ0v) is 11.4. The fourth-order valence-electron chi connectivity index (χ4n) is 1.55. The van der Waals surface area contributed by atoms with Crippen LogP contribution >= 0.6 is 0 Å². The molecule has 0 bridgehead atoms. The Labute approximate surface area is 112 Å². The minimum atomic E-state index is -0.730. The van der Waals surface area contributed by atoms with Crippen molar-refractivity contribution in [1.29, 1.82) is 5.26 Å². The number of nitriles is 1. The minimum absolute atomic E-state index is 0.0363. The fraction of sp³-hybridized carbons (Fsp3) is 0.538. The van der Waals surface area contributed by atoms with E-state index in [1.54, 1.807) is 14.0 Å². The summed E-state index contributed by atoms with van der Waals surface area (Å²) in [5, 5.41) is 11.5. The molecular weight excluding hydrogens is 250 g/mol. The zero-order chi connectivity index (χ0) is 14.4. The molecule has 0 spiro atoms. The first-order valence-electron chi connectivity index (χ1n) is 6.20. The van der Waals surface area contributed by atoms with Gasteiger partial charge in [-0.2, -0.15) is 5.26 Å². The average molecular weight is 268 g/mol. The van der Waals surface area contributed by atoms with E-state index in [2.05, 4.69) is 10.3 Å². The molecule has 0 saturated carbocycles. The van der Waals surface area contributed by atoms with Gasteiger partial charge >= 0.3 is 0 Å². The van der Waals surface area contributed by atoms with Crippen LogP contribution in [0.1, 0.15) is 26.7 Å². The van der Waals surface area contributed by atoms with Crippen molar-refractivity contribution in [3.63, 3.8) is 0 Å². The van der Waals surface area contributed by atoms with Crippen LogP contribution in [0.15, 0.2) is 6.07 Å². The van der Waals surface area contributed by atoms with Crippen LogP contribution in [0.4, 0.5) is 20.4 Å². The Morgan fingerprint density at radius 1 is 1.47 bits per heavy atom. The molecule has 1 N–H and O–H groups in total. The maximum atomic E-state index is 13.7. The lowest BCUT2D eigenvalue weighted by Crippen LogP contribution is -2.30. The third-order valence-electron chi connectivity index (χ3n) is 2.84. The quantitative estimate of drug-likeness (QED) is 0.862. The van der Waals surface area contributed by atoms with Crippen molar-refractivity contribution in [2.24, 2.45) is 0 Å². The Morgan fingerprint density at radius 2 is 2.16 bits per heavy atom. The van der Waals surface area contributed by atoms with Gasteiger partial charge in [-0.3, -0.25) is 0 Å². The SMILES string of the molecule is CCCNc1nc(N(C)C(C)CC#N)c(F)cc1F. The molecule has 6 heteroatoms. The van der Waals surface area contributed by atoms with Gasteiger partial charge in [-0.05, 0) is 13.3 Å². The first-order valence-corrected chi connectivity index (χ1v) is 6.20. The van der Waals surface area contributed by atoms with Crippen LogP contribution in [-0.2, 0) is 0 Å². The van der Waals surface area contributed by atoms with Gasteiger partial charge in [-0.25, -0.2) is 13.8 Å². The van der Waals surface area contributed by atoms with E-state index < -0.39 is 11.6 Å². The summed E-state index contributed by atoms with van der Waals surface area (Å²) in [7, 11) is 1.63. The molecule has 0 aliphatic carbocycles. The molecule has 0 saturated heterocycles. The predicted octanol–water partition coefficient (Wildman–Crippen LogP) is 2.92. The van der Waals surface area contributed by atoms with Crippen molar-refractivity contribution >= 4 is 11.6 Å². The van der Waals surface area contributed by atoms with E-state index in [-0.39, 0.29) is 24.1 Å². The van der Waals surface area contributed by atoms with Crippen LogP contribution in [0, 0.1) is 23.0 Å². The highest BCUT2D eigenvalue weighted by Crippen LogP contribution is 2.23. The van der Waals surface area contributed by atoms with E-state index in [0.717, 1.165) is 12.5 Å². The number of hydrogen-bond donors (Lipinski definition) is 1. The van der Waals surface area contributed by atoms with E-state index >= 15 is 0 Å². The molecule has 1 heterocycles. The molecule has 0 aliphatic rings. The highest BCUT2D eigenvalue weighted by Gasteiger charge is 2.18. The molecule has 1 rings (SSSR count). The molecule has 1 aromatic rings. The second-order valence-corrected chi connectivity index (χ2v) is 4.37. The summed E-state index contributed by atoms with van der Waals surface area (Å²) < 4.78 is 27.3. The van der Waals surface area contributed by atoms with E-state index in [1.165, 1.54) is 4.90 Å². The van der Waals surface area contributed by atoms with Crippen molar-refractivity contribution in [2.45, 2.75) is 32.7 Å². The fourth-order valence-corrected chi connectivity index (χ4v) is 1.55. The molecule has 0 fully saturated rings. The topological polar surface area (TPSA) is 52.0 Å². The van der Waals surface area contributed by atoms with Crippen molar-refractivity contribution in [2.75, 3.05) is 23.8 Å². The zero-order valence-electron chi connectivity index (χ0n) is 11.4.